The molecule has 0 aromatic heterocycles. The highest BCUT2D eigenvalue weighted by molar-refractivity contribution is 7.88. The van der Waals surface area contributed by atoms with Gasteiger partial charge in [0, 0.05) is 6.54 Å². The molecule has 0 atom stereocenters. The number of hydrogen-bond acceptors (Lipinski definition) is 3. The first kappa shape index (κ1) is 10.4. The van der Waals surface area contributed by atoms with E-state index in [0.717, 1.165) is 25.7 Å². The van der Waals surface area contributed by atoms with Crippen molar-refractivity contribution in [2.45, 2.75) is 32.1 Å². The van der Waals surface area contributed by atoms with Crippen LogP contribution in [-0.2, 0) is 14.9 Å². The number of rotatable bonds is 3. The van der Waals surface area contributed by atoms with Crippen molar-refractivity contribution in [3.63, 3.8) is 0 Å². The van der Waals surface area contributed by atoms with Crippen LogP contribution in [0.25, 0.3) is 0 Å². The SMILES string of the molecule is O=S(=O)(CC1CCC1)N1CCCCO1. The average Bonchev–Trinajstić information content (AvgIpc) is 2.13. The van der Waals surface area contributed by atoms with Crippen molar-refractivity contribution in [1.29, 1.82) is 0 Å². The molecule has 2 aliphatic rings. The second kappa shape index (κ2) is 4.16. The van der Waals surface area contributed by atoms with Gasteiger partial charge in [0.1, 0.15) is 0 Å². The molecule has 1 saturated carbocycles. The van der Waals surface area contributed by atoms with Gasteiger partial charge in [-0.25, -0.2) is 8.42 Å². The number of sulfonamides is 1. The largest absolute Gasteiger partial charge is 0.284 e. The Kier molecular flexibility index (Phi) is 3.09. The van der Waals surface area contributed by atoms with Crippen LogP contribution in [0.1, 0.15) is 32.1 Å². The first-order valence-corrected chi connectivity index (χ1v) is 6.93. The van der Waals surface area contributed by atoms with Crippen molar-refractivity contribution < 1.29 is 13.3 Å². The molecule has 0 radical (unpaired) electrons. The van der Waals surface area contributed by atoms with Crippen LogP contribution >= 0.6 is 0 Å². The van der Waals surface area contributed by atoms with E-state index in [1.165, 1.54) is 10.9 Å². The highest BCUT2D eigenvalue weighted by Crippen LogP contribution is 2.29. The zero-order valence-corrected chi connectivity index (χ0v) is 9.13. The fourth-order valence-corrected chi connectivity index (χ4v) is 3.57. The fourth-order valence-electron chi connectivity index (χ4n) is 1.83. The molecule has 1 aliphatic heterocycles. The van der Waals surface area contributed by atoms with Crippen LogP contribution in [0.3, 0.4) is 0 Å². The normalized spacial score (nSPS) is 26.0. The summed E-state index contributed by atoms with van der Waals surface area (Å²) in [4.78, 5) is 5.16. The standard InChI is InChI=1S/C9H17NO3S/c11-14(12,8-9-4-3-5-9)10-6-1-2-7-13-10/h9H,1-8H2. The summed E-state index contributed by atoms with van der Waals surface area (Å²) < 4.78 is 24.8. The molecule has 0 bridgehead atoms. The summed E-state index contributed by atoms with van der Waals surface area (Å²) in [6.45, 7) is 1.08. The first-order valence-electron chi connectivity index (χ1n) is 5.32. The number of hydroxylamine groups is 1. The molecule has 0 spiro atoms. The molecule has 14 heavy (non-hydrogen) atoms. The van der Waals surface area contributed by atoms with Gasteiger partial charge in [-0.2, -0.15) is 0 Å². The van der Waals surface area contributed by atoms with Gasteiger partial charge in [-0.3, -0.25) is 4.84 Å². The van der Waals surface area contributed by atoms with Crippen molar-refractivity contribution >= 4 is 10.0 Å². The van der Waals surface area contributed by atoms with E-state index in [1.807, 2.05) is 0 Å². The van der Waals surface area contributed by atoms with Crippen LogP contribution < -0.4 is 0 Å². The summed E-state index contributed by atoms with van der Waals surface area (Å²) in [6.07, 6.45) is 5.19. The third-order valence-electron chi connectivity index (χ3n) is 2.95. The summed E-state index contributed by atoms with van der Waals surface area (Å²) in [5, 5.41) is 0. The second-order valence-corrected chi connectivity index (χ2v) is 6.05. The van der Waals surface area contributed by atoms with E-state index in [1.54, 1.807) is 0 Å². The Morgan fingerprint density at radius 2 is 2.00 bits per heavy atom. The zero-order valence-electron chi connectivity index (χ0n) is 8.31. The maximum atomic E-state index is 11.8. The third-order valence-corrected chi connectivity index (χ3v) is 4.75. The molecule has 1 saturated heterocycles. The van der Waals surface area contributed by atoms with Gasteiger partial charge in [0.15, 0.2) is 0 Å². The van der Waals surface area contributed by atoms with Crippen molar-refractivity contribution in [2.75, 3.05) is 18.9 Å². The number of nitrogens with zero attached hydrogens (tertiary/aromatic N) is 1. The Morgan fingerprint density at radius 1 is 1.21 bits per heavy atom. The summed E-state index contributed by atoms with van der Waals surface area (Å²) in [6, 6.07) is 0. The van der Waals surface area contributed by atoms with Gasteiger partial charge in [0.05, 0.1) is 12.4 Å². The predicted molar refractivity (Wildman–Crippen MR) is 53.0 cm³/mol. The van der Waals surface area contributed by atoms with Crippen LogP contribution in [0, 0.1) is 5.92 Å². The monoisotopic (exact) mass is 219 g/mol. The summed E-state index contributed by atoms with van der Waals surface area (Å²) in [7, 11) is -3.13. The van der Waals surface area contributed by atoms with Gasteiger partial charge in [-0.1, -0.05) is 10.9 Å². The van der Waals surface area contributed by atoms with E-state index < -0.39 is 10.0 Å². The van der Waals surface area contributed by atoms with E-state index in [0.29, 0.717) is 19.1 Å². The average molecular weight is 219 g/mol. The van der Waals surface area contributed by atoms with E-state index in [9.17, 15) is 8.42 Å². The van der Waals surface area contributed by atoms with Gasteiger partial charge in [-0.15, -0.1) is 0 Å². The smallest absolute Gasteiger partial charge is 0.236 e. The maximum Gasteiger partial charge on any atom is 0.236 e. The lowest BCUT2D eigenvalue weighted by molar-refractivity contribution is -0.109. The highest BCUT2D eigenvalue weighted by atomic mass is 32.2. The molecule has 4 nitrogen and oxygen atoms in total. The van der Waals surface area contributed by atoms with Gasteiger partial charge < -0.3 is 0 Å². The van der Waals surface area contributed by atoms with Crippen LogP contribution in [0.15, 0.2) is 0 Å². The van der Waals surface area contributed by atoms with Crippen molar-refractivity contribution in [2.24, 2.45) is 5.92 Å². The molecule has 82 valence electrons. The Labute approximate surface area is 85.2 Å². The lowest BCUT2D eigenvalue weighted by Gasteiger charge is -2.30. The lowest BCUT2D eigenvalue weighted by Crippen LogP contribution is -2.39. The minimum absolute atomic E-state index is 0.285. The molecule has 2 fully saturated rings. The lowest BCUT2D eigenvalue weighted by atomic mass is 9.87. The third kappa shape index (κ3) is 2.27. The van der Waals surface area contributed by atoms with Crippen LogP contribution in [-0.4, -0.2) is 31.8 Å². The molecular weight excluding hydrogens is 202 g/mol. The van der Waals surface area contributed by atoms with Gasteiger partial charge in [0.25, 0.3) is 0 Å². The molecule has 0 amide bonds. The molecule has 2 rings (SSSR count). The van der Waals surface area contributed by atoms with Gasteiger partial charge >= 0.3 is 0 Å². The molecule has 1 heterocycles. The molecule has 5 heteroatoms. The Hall–Kier alpha value is -0.130. The van der Waals surface area contributed by atoms with E-state index >= 15 is 0 Å². The Balaban J connectivity index is 1.91. The Bertz CT molecular complexity index is 278. The van der Waals surface area contributed by atoms with Crippen molar-refractivity contribution in [3.8, 4) is 0 Å². The molecule has 0 aromatic rings. The summed E-state index contributed by atoms with van der Waals surface area (Å²) in [5.41, 5.74) is 0. The van der Waals surface area contributed by atoms with Crippen molar-refractivity contribution in [1.82, 2.24) is 4.47 Å². The molecule has 0 N–H and O–H groups in total. The minimum atomic E-state index is -3.13. The Morgan fingerprint density at radius 3 is 2.50 bits per heavy atom. The number of hydrogen-bond donors (Lipinski definition) is 0. The van der Waals surface area contributed by atoms with Gasteiger partial charge in [0.2, 0.25) is 10.0 Å². The van der Waals surface area contributed by atoms with Crippen LogP contribution in [0.2, 0.25) is 0 Å². The first-order chi connectivity index (χ1) is 6.68. The van der Waals surface area contributed by atoms with Gasteiger partial charge in [-0.05, 0) is 31.6 Å². The highest BCUT2D eigenvalue weighted by Gasteiger charge is 2.30. The second-order valence-electron chi connectivity index (χ2n) is 4.14. The van der Waals surface area contributed by atoms with E-state index in [2.05, 4.69) is 0 Å². The molecule has 1 aliphatic carbocycles. The van der Waals surface area contributed by atoms with E-state index in [4.69, 9.17) is 4.84 Å². The molecular formula is C9H17NO3S. The molecule has 0 aromatic carbocycles. The van der Waals surface area contributed by atoms with Crippen LogP contribution in [0.5, 0.6) is 0 Å². The van der Waals surface area contributed by atoms with Crippen molar-refractivity contribution in [3.05, 3.63) is 0 Å². The minimum Gasteiger partial charge on any atom is -0.284 e. The summed E-state index contributed by atoms with van der Waals surface area (Å²) in [5.74, 6) is 0.665. The zero-order chi connectivity index (χ0) is 10.0. The van der Waals surface area contributed by atoms with E-state index in [-0.39, 0.29) is 5.75 Å². The topological polar surface area (TPSA) is 46.6 Å². The predicted octanol–water partition coefficient (Wildman–Crippen LogP) is 1.14. The van der Waals surface area contributed by atoms with Crippen LogP contribution in [0.4, 0.5) is 0 Å². The quantitative estimate of drug-likeness (QED) is 0.715. The summed E-state index contributed by atoms with van der Waals surface area (Å²) >= 11 is 0. The maximum absolute atomic E-state index is 11.8. The molecule has 0 unspecified atom stereocenters. The fraction of sp³-hybridized carbons (Fsp3) is 1.00.